The van der Waals surface area contributed by atoms with E-state index in [-0.39, 0.29) is 12.3 Å². The molecule has 0 aromatic carbocycles. The van der Waals surface area contributed by atoms with Crippen molar-refractivity contribution in [2.75, 3.05) is 19.6 Å². The van der Waals surface area contributed by atoms with Crippen LogP contribution in [0.3, 0.4) is 0 Å². The monoisotopic (exact) mass is 177 g/mol. The second kappa shape index (κ2) is 3.47. The smallest absolute Gasteiger partial charge is 0.246 e. The van der Waals surface area contributed by atoms with Gasteiger partial charge in [0, 0.05) is 32.0 Å². The van der Waals surface area contributed by atoms with E-state index >= 15 is 0 Å². The van der Waals surface area contributed by atoms with Crippen molar-refractivity contribution >= 4 is 6.29 Å². The second-order valence-electron chi connectivity index (χ2n) is 3.48. The lowest BCUT2D eigenvalue weighted by Gasteiger charge is -2.36. The van der Waals surface area contributed by atoms with Crippen molar-refractivity contribution in [1.29, 1.82) is 0 Å². The van der Waals surface area contributed by atoms with Crippen LogP contribution in [0, 0.1) is 5.92 Å². The molecule has 1 heterocycles. The van der Waals surface area contributed by atoms with Gasteiger partial charge in [0.15, 0.2) is 0 Å². The molecule has 12 heavy (non-hydrogen) atoms. The van der Waals surface area contributed by atoms with Crippen molar-refractivity contribution < 1.29 is 13.6 Å². The molecule has 0 radical (unpaired) electrons. The van der Waals surface area contributed by atoms with E-state index in [1.165, 1.54) is 0 Å². The highest BCUT2D eigenvalue weighted by Crippen LogP contribution is 2.20. The van der Waals surface area contributed by atoms with E-state index in [9.17, 15) is 13.6 Å². The van der Waals surface area contributed by atoms with Crippen molar-refractivity contribution in [2.24, 2.45) is 5.92 Å². The fraction of sp³-hybridized carbons (Fsp3) is 0.875. The molecule has 1 saturated heterocycles. The van der Waals surface area contributed by atoms with Crippen LogP contribution in [-0.4, -0.2) is 36.7 Å². The molecule has 1 fully saturated rings. The molecule has 0 aliphatic carbocycles. The Balaban J connectivity index is 2.08. The second-order valence-corrected chi connectivity index (χ2v) is 3.48. The topological polar surface area (TPSA) is 20.3 Å². The first-order valence-corrected chi connectivity index (χ1v) is 4.07. The highest BCUT2D eigenvalue weighted by Gasteiger charge is 2.29. The molecule has 0 unspecified atom stereocenters. The van der Waals surface area contributed by atoms with E-state index in [1.54, 1.807) is 0 Å². The molecular formula is C8H13F2NO. The fourth-order valence-corrected chi connectivity index (χ4v) is 1.23. The zero-order valence-corrected chi connectivity index (χ0v) is 7.09. The number of hydrogen-bond acceptors (Lipinski definition) is 2. The summed E-state index contributed by atoms with van der Waals surface area (Å²) >= 11 is 0. The van der Waals surface area contributed by atoms with E-state index in [0.29, 0.717) is 19.6 Å². The molecular weight excluding hydrogens is 164 g/mol. The number of halogens is 2. The third kappa shape index (κ3) is 2.85. The fourth-order valence-electron chi connectivity index (χ4n) is 1.23. The molecule has 0 aromatic heterocycles. The summed E-state index contributed by atoms with van der Waals surface area (Å²) in [6.07, 6.45) is 0.777. The van der Waals surface area contributed by atoms with Gasteiger partial charge in [0.25, 0.3) is 0 Å². The first kappa shape index (κ1) is 9.58. The zero-order valence-electron chi connectivity index (χ0n) is 7.09. The highest BCUT2D eigenvalue weighted by molar-refractivity contribution is 5.55. The van der Waals surface area contributed by atoms with Gasteiger partial charge < -0.3 is 9.69 Å². The molecule has 0 atom stereocenters. The molecule has 0 amide bonds. The minimum atomic E-state index is -2.58. The van der Waals surface area contributed by atoms with Gasteiger partial charge in [-0.1, -0.05) is 0 Å². The summed E-state index contributed by atoms with van der Waals surface area (Å²) in [4.78, 5) is 12.0. The summed E-state index contributed by atoms with van der Waals surface area (Å²) in [5, 5.41) is 0. The molecule has 0 spiro atoms. The number of alkyl halides is 2. The predicted octanol–water partition coefficient (Wildman–Crippen LogP) is 1.16. The van der Waals surface area contributed by atoms with Gasteiger partial charge in [-0.2, -0.15) is 0 Å². The summed E-state index contributed by atoms with van der Waals surface area (Å²) in [6, 6.07) is 0. The third-order valence-corrected chi connectivity index (χ3v) is 2.04. The maximum Gasteiger partial charge on any atom is 0.246 e. The van der Waals surface area contributed by atoms with Crippen molar-refractivity contribution in [1.82, 2.24) is 4.90 Å². The van der Waals surface area contributed by atoms with Gasteiger partial charge in [0.1, 0.15) is 6.29 Å². The Hall–Kier alpha value is -0.510. The molecule has 2 nitrogen and oxygen atoms in total. The van der Waals surface area contributed by atoms with Crippen LogP contribution in [0.4, 0.5) is 8.78 Å². The summed E-state index contributed by atoms with van der Waals surface area (Å²) in [5.41, 5.74) is 0. The number of hydrogen-bond donors (Lipinski definition) is 0. The van der Waals surface area contributed by atoms with Crippen LogP contribution in [0.15, 0.2) is 0 Å². The summed E-state index contributed by atoms with van der Waals surface area (Å²) in [7, 11) is 0. The van der Waals surface area contributed by atoms with Crippen LogP contribution in [0.1, 0.15) is 13.3 Å². The summed E-state index contributed by atoms with van der Waals surface area (Å²) in [5.74, 6) is -2.50. The Kier molecular flexibility index (Phi) is 2.77. The number of rotatable bonds is 4. The van der Waals surface area contributed by atoms with Crippen LogP contribution in [0.2, 0.25) is 0 Å². The number of likely N-dealkylation sites (tertiary alicyclic amines) is 1. The maximum atomic E-state index is 12.3. The maximum absolute atomic E-state index is 12.3. The van der Waals surface area contributed by atoms with Crippen LogP contribution in [0.5, 0.6) is 0 Å². The number of carbonyl (C=O) groups excluding carboxylic acids is 1. The zero-order chi connectivity index (χ0) is 9.19. The normalized spacial score (nSPS) is 20.6. The predicted molar refractivity (Wildman–Crippen MR) is 41.2 cm³/mol. The van der Waals surface area contributed by atoms with Gasteiger partial charge in [-0.3, -0.25) is 0 Å². The largest absolute Gasteiger partial charge is 0.303 e. The Morgan fingerprint density at radius 3 is 2.58 bits per heavy atom. The molecule has 1 aliphatic heterocycles. The van der Waals surface area contributed by atoms with Crippen molar-refractivity contribution in [3.63, 3.8) is 0 Å². The molecule has 0 saturated carbocycles. The minimum Gasteiger partial charge on any atom is -0.303 e. The molecule has 1 aliphatic rings. The van der Waals surface area contributed by atoms with Crippen LogP contribution in [0.25, 0.3) is 0 Å². The Morgan fingerprint density at radius 2 is 2.17 bits per heavy atom. The first-order chi connectivity index (χ1) is 5.51. The lowest BCUT2D eigenvalue weighted by Crippen LogP contribution is -2.48. The summed E-state index contributed by atoms with van der Waals surface area (Å²) < 4.78 is 24.7. The Labute approximate surface area is 70.5 Å². The highest BCUT2D eigenvalue weighted by atomic mass is 19.3. The van der Waals surface area contributed by atoms with Gasteiger partial charge in [-0.05, 0) is 6.92 Å². The van der Waals surface area contributed by atoms with Crippen molar-refractivity contribution in [3.8, 4) is 0 Å². The van der Waals surface area contributed by atoms with Crippen molar-refractivity contribution in [2.45, 2.75) is 19.3 Å². The van der Waals surface area contributed by atoms with Gasteiger partial charge in [-0.15, -0.1) is 0 Å². The lowest BCUT2D eigenvalue weighted by atomic mass is 10.0. The number of carbonyl (C=O) groups is 1. The molecule has 0 N–H and O–H groups in total. The molecule has 1 rings (SSSR count). The Morgan fingerprint density at radius 1 is 1.58 bits per heavy atom. The van der Waals surface area contributed by atoms with Gasteiger partial charge in [0.2, 0.25) is 5.92 Å². The van der Waals surface area contributed by atoms with Gasteiger partial charge in [-0.25, -0.2) is 8.78 Å². The van der Waals surface area contributed by atoms with Crippen LogP contribution >= 0.6 is 0 Å². The van der Waals surface area contributed by atoms with Gasteiger partial charge in [0.05, 0.1) is 0 Å². The average molecular weight is 177 g/mol. The SMILES string of the molecule is CC(F)(F)CCN1CC(C=O)C1. The van der Waals surface area contributed by atoms with E-state index in [4.69, 9.17) is 0 Å². The van der Waals surface area contributed by atoms with E-state index in [0.717, 1.165) is 13.2 Å². The van der Waals surface area contributed by atoms with E-state index < -0.39 is 5.92 Å². The molecule has 0 bridgehead atoms. The lowest BCUT2D eigenvalue weighted by molar-refractivity contribution is -0.116. The quantitative estimate of drug-likeness (QED) is 0.600. The average Bonchev–Trinajstić information content (AvgIpc) is 1.82. The minimum absolute atomic E-state index is 0.0791. The first-order valence-electron chi connectivity index (χ1n) is 4.07. The Bertz CT molecular complexity index is 161. The van der Waals surface area contributed by atoms with Gasteiger partial charge >= 0.3 is 0 Å². The van der Waals surface area contributed by atoms with Crippen molar-refractivity contribution in [3.05, 3.63) is 0 Å². The van der Waals surface area contributed by atoms with Crippen LogP contribution < -0.4 is 0 Å². The number of nitrogens with zero attached hydrogens (tertiary/aromatic N) is 1. The van der Waals surface area contributed by atoms with E-state index in [1.807, 2.05) is 4.90 Å². The summed E-state index contributed by atoms with van der Waals surface area (Å²) in [6.45, 7) is 2.62. The van der Waals surface area contributed by atoms with E-state index in [2.05, 4.69) is 0 Å². The molecule has 70 valence electrons. The molecule has 0 aromatic rings. The molecule has 4 heteroatoms. The van der Waals surface area contributed by atoms with Crippen LogP contribution in [-0.2, 0) is 4.79 Å². The third-order valence-electron chi connectivity index (χ3n) is 2.04. The number of aldehydes is 1. The standard InChI is InChI=1S/C8H13F2NO/c1-8(9,10)2-3-11-4-7(5-11)6-12/h6-7H,2-5H2,1H3.